The first-order valence-electron chi connectivity index (χ1n) is 11.8. The van der Waals surface area contributed by atoms with Crippen LogP contribution in [-0.4, -0.2) is 77.1 Å². The van der Waals surface area contributed by atoms with Crippen molar-refractivity contribution in [1.29, 1.82) is 0 Å². The number of thiol groups is 1. The van der Waals surface area contributed by atoms with E-state index in [2.05, 4.69) is 33.6 Å². The number of hydrogen-bond acceptors (Lipinski definition) is 8. The summed E-state index contributed by atoms with van der Waals surface area (Å²) in [4.78, 5) is 64.9. The molecule has 210 valence electrons. The Morgan fingerprint density at radius 2 is 1.45 bits per heavy atom. The number of nitrogens with one attached hydrogen (secondary N) is 3. The average molecular weight is 553 g/mol. The van der Waals surface area contributed by atoms with Crippen molar-refractivity contribution < 1.29 is 29.1 Å². The van der Waals surface area contributed by atoms with E-state index in [1.165, 1.54) is 0 Å². The number of carboxylic acid groups (broad SMARTS) is 1. The Balaban J connectivity index is 2.90. The van der Waals surface area contributed by atoms with Gasteiger partial charge in [-0.05, 0) is 24.8 Å². The maximum atomic E-state index is 13.0. The van der Waals surface area contributed by atoms with Crippen molar-refractivity contribution in [3.05, 3.63) is 35.9 Å². The number of nitrogens with two attached hydrogens (primary N) is 4. The van der Waals surface area contributed by atoms with Gasteiger partial charge in [0.05, 0.1) is 6.04 Å². The summed E-state index contributed by atoms with van der Waals surface area (Å²) >= 11 is 4.11. The van der Waals surface area contributed by atoms with Crippen LogP contribution in [0.3, 0.4) is 0 Å². The molecular weight excluding hydrogens is 516 g/mol. The van der Waals surface area contributed by atoms with Gasteiger partial charge in [0, 0.05) is 25.1 Å². The number of aliphatic carboxylic acids is 1. The van der Waals surface area contributed by atoms with Crippen LogP contribution in [-0.2, 0) is 30.4 Å². The average Bonchev–Trinajstić information content (AvgIpc) is 2.87. The van der Waals surface area contributed by atoms with E-state index in [9.17, 15) is 29.1 Å². The minimum atomic E-state index is -1.25. The molecule has 0 bridgehead atoms. The monoisotopic (exact) mass is 552 g/mol. The van der Waals surface area contributed by atoms with Gasteiger partial charge in [0.25, 0.3) is 0 Å². The van der Waals surface area contributed by atoms with Gasteiger partial charge < -0.3 is 44.0 Å². The Morgan fingerprint density at radius 1 is 0.868 bits per heavy atom. The summed E-state index contributed by atoms with van der Waals surface area (Å²) in [5, 5.41) is 17.0. The summed E-state index contributed by atoms with van der Waals surface area (Å²) < 4.78 is 0. The Morgan fingerprint density at radius 3 is 2.00 bits per heavy atom. The van der Waals surface area contributed by atoms with Crippen LogP contribution in [0.4, 0.5) is 0 Å². The van der Waals surface area contributed by atoms with Gasteiger partial charge in [-0.2, -0.15) is 12.6 Å². The van der Waals surface area contributed by atoms with Crippen LogP contribution in [0.1, 0.15) is 31.2 Å². The molecule has 0 fully saturated rings. The lowest BCUT2D eigenvalue weighted by Crippen LogP contribution is -2.57. The number of hydrogen-bond donors (Lipinski definition) is 9. The summed E-state index contributed by atoms with van der Waals surface area (Å²) in [6.45, 7) is 0.173. The fraction of sp³-hybridized carbons (Fsp3) is 0.478. The lowest BCUT2D eigenvalue weighted by atomic mass is 10.1. The number of carbonyl (C=O) groups is 5. The van der Waals surface area contributed by atoms with Crippen LogP contribution >= 0.6 is 12.6 Å². The van der Waals surface area contributed by atoms with E-state index in [0.29, 0.717) is 12.0 Å². The number of rotatable bonds is 17. The molecule has 1 rings (SSSR count). The molecule has 0 aliphatic rings. The number of aliphatic imine (C=N–C) groups is 1. The predicted octanol–water partition coefficient (Wildman–Crippen LogP) is -2.66. The second-order valence-electron chi connectivity index (χ2n) is 8.45. The van der Waals surface area contributed by atoms with Gasteiger partial charge in [-0.1, -0.05) is 30.3 Å². The van der Waals surface area contributed by atoms with Gasteiger partial charge in [0.15, 0.2) is 5.96 Å². The first-order valence-corrected chi connectivity index (χ1v) is 12.5. The number of guanidine groups is 1. The Bertz CT molecular complexity index is 989. The maximum absolute atomic E-state index is 13.0. The van der Waals surface area contributed by atoms with Crippen LogP contribution in [0, 0.1) is 0 Å². The molecule has 15 heteroatoms. The Kier molecular flexibility index (Phi) is 14.2. The van der Waals surface area contributed by atoms with Gasteiger partial charge in [-0.3, -0.25) is 24.2 Å². The quantitative estimate of drug-likeness (QED) is 0.0422. The topological polar surface area (TPSA) is 258 Å². The first kappa shape index (κ1) is 32.2. The number of carboxylic acids is 1. The predicted molar refractivity (Wildman–Crippen MR) is 144 cm³/mol. The van der Waals surface area contributed by atoms with E-state index in [0.717, 1.165) is 0 Å². The van der Waals surface area contributed by atoms with Crippen LogP contribution < -0.4 is 38.9 Å². The third-order valence-corrected chi connectivity index (χ3v) is 5.69. The van der Waals surface area contributed by atoms with Crippen molar-refractivity contribution in [3.8, 4) is 0 Å². The standard InChI is InChI=1S/C23H36N8O6S/c24-14(8-9-18(25)32)19(33)29-15(7-4-10-28-23(26)27)20(34)31-17(12-38)21(35)30-16(22(36)37)11-13-5-2-1-3-6-13/h1-3,5-6,14-17,38H,4,7-12,24H2,(H2,25,32)(H,29,33)(H,30,35)(H,31,34)(H,36,37)(H4,26,27,28). The third kappa shape index (κ3) is 12.4. The zero-order valence-corrected chi connectivity index (χ0v) is 21.7. The van der Waals surface area contributed by atoms with E-state index < -0.39 is 53.8 Å². The molecule has 0 aliphatic carbocycles. The second-order valence-corrected chi connectivity index (χ2v) is 8.82. The summed E-state index contributed by atoms with van der Waals surface area (Å²) in [5.41, 5.74) is 22.2. The van der Waals surface area contributed by atoms with Crippen molar-refractivity contribution in [3.63, 3.8) is 0 Å². The summed E-state index contributed by atoms with van der Waals surface area (Å²) in [7, 11) is 0. The highest BCUT2D eigenvalue weighted by Crippen LogP contribution is 2.06. The number of benzene rings is 1. The minimum absolute atomic E-state index is 0.0246. The zero-order valence-electron chi connectivity index (χ0n) is 20.8. The fourth-order valence-corrected chi connectivity index (χ4v) is 3.53. The van der Waals surface area contributed by atoms with Crippen molar-refractivity contribution in [2.75, 3.05) is 12.3 Å². The van der Waals surface area contributed by atoms with Crippen LogP contribution in [0.2, 0.25) is 0 Å². The van der Waals surface area contributed by atoms with Gasteiger partial charge in [0.1, 0.15) is 18.1 Å². The van der Waals surface area contributed by atoms with Crippen molar-refractivity contribution >= 4 is 48.2 Å². The van der Waals surface area contributed by atoms with Gasteiger partial charge in [-0.25, -0.2) is 4.79 Å². The lowest BCUT2D eigenvalue weighted by molar-refractivity contribution is -0.142. The van der Waals surface area contributed by atoms with E-state index in [1.807, 2.05) is 0 Å². The highest BCUT2D eigenvalue weighted by Gasteiger charge is 2.29. The number of carbonyl (C=O) groups excluding carboxylic acids is 4. The summed E-state index contributed by atoms with van der Waals surface area (Å²) in [6.07, 6.45) is 0.267. The molecule has 38 heavy (non-hydrogen) atoms. The molecule has 0 aliphatic heterocycles. The van der Waals surface area contributed by atoms with Gasteiger partial charge in [-0.15, -0.1) is 0 Å². The molecule has 4 atom stereocenters. The smallest absolute Gasteiger partial charge is 0.326 e. The van der Waals surface area contributed by atoms with Crippen molar-refractivity contribution in [2.45, 2.75) is 56.3 Å². The molecule has 4 amide bonds. The number of amides is 4. The highest BCUT2D eigenvalue weighted by atomic mass is 32.1. The molecule has 1 aromatic carbocycles. The fourth-order valence-electron chi connectivity index (χ4n) is 3.27. The Hall–Kier alpha value is -3.85. The van der Waals surface area contributed by atoms with E-state index in [-0.39, 0.29) is 43.9 Å². The third-order valence-electron chi connectivity index (χ3n) is 5.33. The molecule has 14 nitrogen and oxygen atoms in total. The van der Waals surface area contributed by atoms with Gasteiger partial charge >= 0.3 is 5.97 Å². The molecule has 4 unspecified atom stereocenters. The van der Waals surface area contributed by atoms with Crippen LogP contribution in [0.25, 0.3) is 0 Å². The SMILES string of the molecule is NC(=O)CCC(N)C(=O)NC(CCCN=C(N)N)C(=O)NC(CS)C(=O)NC(Cc1ccccc1)C(=O)O. The minimum Gasteiger partial charge on any atom is -0.480 e. The molecule has 0 radical (unpaired) electrons. The molecule has 0 aromatic heterocycles. The van der Waals surface area contributed by atoms with Crippen molar-refractivity contribution in [1.82, 2.24) is 16.0 Å². The second kappa shape index (κ2) is 16.8. The molecule has 0 saturated heterocycles. The largest absolute Gasteiger partial charge is 0.480 e. The number of nitrogens with zero attached hydrogens (tertiary/aromatic N) is 1. The summed E-state index contributed by atoms with van der Waals surface area (Å²) in [5.74, 6) is -4.36. The lowest BCUT2D eigenvalue weighted by Gasteiger charge is -2.24. The zero-order chi connectivity index (χ0) is 28.7. The van der Waals surface area contributed by atoms with E-state index >= 15 is 0 Å². The molecule has 0 spiro atoms. The molecule has 12 N–H and O–H groups in total. The van der Waals surface area contributed by atoms with E-state index in [4.69, 9.17) is 22.9 Å². The van der Waals surface area contributed by atoms with Crippen molar-refractivity contribution in [2.24, 2.45) is 27.9 Å². The van der Waals surface area contributed by atoms with Crippen LogP contribution in [0.5, 0.6) is 0 Å². The molecule has 1 aromatic rings. The molecular formula is C23H36N8O6S. The molecule has 0 heterocycles. The number of primary amides is 1. The molecule has 0 saturated carbocycles. The normalized spacial score (nSPS) is 13.7. The van der Waals surface area contributed by atoms with Gasteiger partial charge in [0.2, 0.25) is 23.6 Å². The highest BCUT2D eigenvalue weighted by molar-refractivity contribution is 7.80. The summed E-state index contributed by atoms with van der Waals surface area (Å²) in [6, 6.07) is 4.03. The Labute approximate surface area is 225 Å². The van der Waals surface area contributed by atoms with E-state index in [1.54, 1.807) is 30.3 Å². The van der Waals surface area contributed by atoms with Crippen LogP contribution in [0.15, 0.2) is 35.3 Å². The first-order chi connectivity index (χ1) is 17.9. The maximum Gasteiger partial charge on any atom is 0.326 e.